The molecule has 0 radical (unpaired) electrons. The fraction of sp³-hybridized carbons (Fsp3) is 0.286. The van der Waals surface area contributed by atoms with Crippen molar-refractivity contribution in [3.05, 3.63) is 47.8 Å². The van der Waals surface area contributed by atoms with Crippen LogP contribution in [0.4, 0.5) is 17.6 Å². The van der Waals surface area contributed by atoms with E-state index >= 15 is 0 Å². The van der Waals surface area contributed by atoms with Crippen molar-refractivity contribution in [3.63, 3.8) is 0 Å². The summed E-state index contributed by atoms with van der Waals surface area (Å²) in [6.07, 6.45) is -2.41. The molecule has 2 aromatic rings. The highest BCUT2D eigenvalue weighted by molar-refractivity contribution is 5.63. The van der Waals surface area contributed by atoms with Gasteiger partial charge in [-0.25, -0.2) is 4.39 Å². The second-order valence-corrected chi connectivity index (χ2v) is 4.67. The van der Waals surface area contributed by atoms with E-state index in [0.29, 0.717) is 11.3 Å². The number of hydrogen-bond acceptors (Lipinski definition) is 2. The van der Waals surface area contributed by atoms with Gasteiger partial charge < -0.3 is 0 Å². The van der Waals surface area contributed by atoms with E-state index in [1.54, 1.807) is 0 Å². The third kappa shape index (κ3) is 2.95. The number of rotatable bonds is 2. The van der Waals surface area contributed by atoms with Crippen LogP contribution in [0.5, 0.6) is 0 Å². The van der Waals surface area contributed by atoms with Crippen molar-refractivity contribution in [2.75, 3.05) is 0 Å². The molecule has 2 nitrogen and oxygen atoms in total. The summed E-state index contributed by atoms with van der Waals surface area (Å²) in [4.78, 5) is 7.28. The van der Waals surface area contributed by atoms with Gasteiger partial charge in [-0.1, -0.05) is 19.9 Å². The van der Waals surface area contributed by atoms with E-state index in [2.05, 4.69) is 9.97 Å². The number of hydrogen-bond donors (Lipinski definition) is 0. The van der Waals surface area contributed by atoms with Crippen LogP contribution in [0, 0.1) is 5.82 Å². The summed E-state index contributed by atoms with van der Waals surface area (Å²) in [5.74, 6) is -0.493. The predicted octanol–water partition coefficient (Wildman–Crippen LogP) is 4.42. The van der Waals surface area contributed by atoms with Gasteiger partial charge in [-0.15, -0.1) is 0 Å². The molecule has 106 valence electrons. The molecule has 0 aliphatic heterocycles. The number of aromatic nitrogens is 2. The van der Waals surface area contributed by atoms with E-state index in [-0.39, 0.29) is 11.5 Å². The Bertz CT molecular complexity index is 604. The highest BCUT2D eigenvalue weighted by Gasteiger charge is 2.32. The van der Waals surface area contributed by atoms with Crippen molar-refractivity contribution >= 4 is 0 Å². The summed E-state index contributed by atoms with van der Waals surface area (Å²) in [6.45, 7) is 3.80. The molecule has 0 aliphatic carbocycles. The van der Waals surface area contributed by atoms with Gasteiger partial charge in [0.1, 0.15) is 11.5 Å². The van der Waals surface area contributed by atoms with Crippen molar-refractivity contribution in [2.24, 2.45) is 0 Å². The van der Waals surface area contributed by atoms with Crippen LogP contribution >= 0.6 is 0 Å². The van der Waals surface area contributed by atoms with Crippen LogP contribution in [-0.4, -0.2) is 9.97 Å². The zero-order chi connectivity index (χ0) is 14.9. The van der Waals surface area contributed by atoms with E-state index in [1.807, 2.05) is 13.8 Å². The molecule has 2 heterocycles. The van der Waals surface area contributed by atoms with Crippen LogP contribution < -0.4 is 0 Å². The first kappa shape index (κ1) is 14.4. The second kappa shape index (κ2) is 5.19. The van der Waals surface area contributed by atoms with Crippen molar-refractivity contribution < 1.29 is 17.6 Å². The number of nitrogens with zero attached hydrogens (tertiary/aromatic N) is 2. The van der Waals surface area contributed by atoms with Crippen LogP contribution in [0.2, 0.25) is 0 Å². The Kier molecular flexibility index (Phi) is 3.74. The topological polar surface area (TPSA) is 25.8 Å². The van der Waals surface area contributed by atoms with Crippen LogP contribution in [-0.2, 0) is 6.18 Å². The first-order valence-electron chi connectivity index (χ1n) is 5.98. The number of alkyl halides is 3. The summed E-state index contributed by atoms with van der Waals surface area (Å²) >= 11 is 0. The maximum absolute atomic E-state index is 13.7. The van der Waals surface area contributed by atoms with Gasteiger partial charge in [0.15, 0.2) is 0 Å². The highest BCUT2D eigenvalue weighted by Crippen LogP contribution is 2.30. The average Bonchev–Trinajstić information content (AvgIpc) is 2.38. The Hall–Kier alpha value is -1.98. The number of halogens is 4. The minimum atomic E-state index is -4.50. The maximum atomic E-state index is 13.7. The Morgan fingerprint density at radius 2 is 1.75 bits per heavy atom. The van der Waals surface area contributed by atoms with Gasteiger partial charge in [0, 0.05) is 23.0 Å². The molecular formula is C14H12F4N2. The Balaban J connectivity index is 2.44. The molecular weight excluding hydrogens is 272 g/mol. The number of pyridine rings is 2. The average molecular weight is 284 g/mol. The third-order valence-electron chi connectivity index (χ3n) is 2.83. The van der Waals surface area contributed by atoms with Gasteiger partial charge in [0.05, 0.1) is 6.20 Å². The fourth-order valence-electron chi connectivity index (χ4n) is 1.71. The first-order chi connectivity index (χ1) is 9.29. The molecule has 0 aliphatic rings. The van der Waals surface area contributed by atoms with Crippen LogP contribution in [0.25, 0.3) is 11.1 Å². The van der Waals surface area contributed by atoms with Crippen LogP contribution in [0.3, 0.4) is 0 Å². The summed E-state index contributed by atoms with van der Waals surface area (Å²) in [5.41, 5.74) is 0.158. The standard InChI is InChI=1S/C14H12F4N2/c1-8(2)12-5-10(11(15)7-19-12)9-3-4-13(20-6-9)14(16,17)18/h3-8H,1-2H3. The molecule has 0 atom stereocenters. The second-order valence-electron chi connectivity index (χ2n) is 4.67. The van der Waals surface area contributed by atoms with Gasteiger partial charge in [-0.2, -0.15) is 13.2 Å². The van der Waals surface area contributed by atoms with Crippen molar-refractivity contribution in [1.82, 2.24) is 9.97 Å². The van der Waals surface area contributed by atoms with Crippen molar-refractivity contribution in [2.45, 2.75) is 25.9 Å². The minimum absolute atomic E-state index is 0.0942. The molecule has 0 amide bonds. The summed E-state index contributed by atoms with van der Waals surface area (Å²) in [6, 6.07) is 3.58. The van der Waals surface area contributed by atoms with Gasteiger partial charge in [0.25, 0.3) is 0 Å². The molecule has 0 unspecified atom stereocenters. The quantitative estimate of drug-likeness (QED) is 0.763. The van der Waals surface area contributed by atoms with Gasteiger partial charge in [-0.3, -0.25) is 9.97 Å². The van der Waals surface area contributed by atoms with Crippen LogP contribution in [0.15, 0.2) is 30.6 Å². The van der Waals surface area contributed by atoms with E-state index in [9.17, 15) is 17.6 Å². The lowest BCUT2D eigenvalue weighted by molar-refractivity contribution is -0.141. The first-order valence-corrected chi connectivity index (χ1v) is 5.98. The fourth-order valence-corrected chi connectivity index (χ4v) is 1.71. The molecule has 0 saturated carbocycles. The van der Waals surface area contributed by atoms with Gasteiger partial charge >= 0.3 is 6.18 Å². The molecule has 0 aromatic carbocycles. The molecule has 6 heteroatoms. The lowest BCUT2D eigenvalue weighted by atomic mass is 10.0. The Morgan fingerprint density at radius 3 is 2.25 bits per heavy atom. The molecule has 0 fully saturated rings. The normalized spacial score (nSPS) is 11.9. The van der Waals surface area contributed by atoms with E-state index in [1.165, 1.54) is 12.1 Å². The SMILES string of the molecule is CC(C)c1cc(-c2ccc(C(F)(F)F)nc2)c(F)cn1. The zero-order valence-electron chi connectivity index (χ0n) is 10.9. The van der Waals surface area contributed by atoms with Gasteiger partial charge in [0.2, 0.25) is 0 Å². The molecule has 0 spiro atoms. The lowest BCUT2D eigenvalue weighted by Gasteiger charge is -2.10. The van der Waals surface area contributed by atoms with Crippen LogP contribution in [0.1, 0.15) is 31.2 Å². The van der Waals surface area contributed by atoms with Crippen molar-refractivity contribution in [3.8, 4) is 11.1 Å². The van der Waals surface area contributed by atoms with E-state index < -0.39 is 17.7 Å². The molecule has 2 aromatic heterocycles. The van der Waals surface area contributed by atoms with Gasteiger partial charge in [-0.05, 0) is 18.1 Å². The molecule has 20 heavy (non-hydrogen) atoms. The molecule has 0 bridgehead atoms. The zero-order valence-corrected chi connectivity index (χ0v) is 10.9. The maximum Gasteiger partial charge on any atom is 0.433 e. The van der Waals surface area contributed by atoms with Crippen molar-refractivity contribution in [1.29, 1.82) is 0 Å². The smallest absolute Gasteiger partial charge is 0.258 e. The summed E-state index contributed by atoms with van der Waals surface area (Å²) < 4.78 is 51.0. The van der Waals surface area contributed by atoms with E-state index in [4.69, 9.17) is 0 Å². The monoisotopic (exact) mass is 284 g/mol. The molecule has 2 rings (SSSR count). The van der Waals surface area contributed by atoms with E-state index in [0.717, 1.165) is 18.5 Å². The Morgan fingerprint density at radius 1 is 1.05 bits per heavy atom. The molecule has 0 saturated heterocycles. The minimum Gasteiger partial charge on any atom is -0.258 e. The Labute approximate surface area is 113 Å². The lowest BCUT2D eigenvalue weighted by Crippen LogP contribution is -2.07. The summed E-state index contributed by atoms with van der Waals surface area (Å²) in [5, 5.41) is 0. The predicted molar refractivity (Wildman–Crippen MR) is 66.5 cm³/mol. The summed E-state index contributed by atoms with van der Waals surface area (Å²) in [7, 11) is 0. The highest BCUT2D eigenvalue weighted by atomic mass is 19.4. The third-order valence-corrected chi connectivity index (χ3v) is 2.83. The largest absolute Gasteiger partial charge is 0.433 e. The molecule has 0 N–H and O–H groups in total.